The highest BCUT2D eigenvalue weighted by Crippen LogP contribution is 2.12. The molecule has 0 saturated heterocycles. The van der Waals surface area contributed by atoms with Crippen molar-refractivity contribution in [3.05, 3.63) is 0 Å². The zero-order valence-corrected chi connectivity index (χ0v) is 18.0. The summed E-state index contributed by atoms with van der Waals surface area (Å²) in [5, 5.41) is 3.08. The van der Waals surface area contributed by atoms with Gasteiger partial charge in [0.15, 0.2) is 6.04 Å². The standard InChI is InChI=1S/C22H46N2O/c1-6-7-8-9-10-11-12-13-14-15-16-17-18-19-20-23-22(25)21(2)24(3,4)5/h21H,6-20H2,1-5H3/p+1. The van der Waals surface area contributed by atoms with Crippen molar-refractivity contribution in [1.82, 2.24) is 5.32 Å². The van der Waals surface area contributed by atoms with E-state index in [4.69, 9.17) is 0 Å². The minimum atomic E-state index is 0.0200. The van der Waals surface area contributed by atoms with Crippen molar-refractivity contribution < 1.29 is 9.28 Å². The quantitative estimate of drug-likeness (QED) is 0.264. The lowest BCUT2D eigenvalue weighted by Crippen LogP contribution is -2.52. The van der Waals surface area contributed by atoms with Crippen molar-refractivity contribution in [1.29, 1.82) is 0 Å². The Morgan fingerprint density at radius 1 is 0.720 bits per heavy atom. The van der Waals surface area contributed by atoms with Crippen molar-refractivity contribution in [3.63, 3.8) is 0 Å². The zero-order valence-electron chi connectivity index (χ0n) is 18.0. The monoisotopic (exact) mass is 355 g/mol. The Labute approximate surface area is 158 Å². The molecule has 0 aliphatic carbocycles. The van der Waals surface area contributed by atoms with E-state index in [9.17, 15) is 4.79 Å². The maximum atomic E-state index is 12.0. The van der Waals surface area contributed by atoms with Crippen LogP contribution in [-0.2, 0) is 4.79 Å². The van der Waals surface area contributed by atoms with Gasteiger partial charge in [0.05, 0.1) is 21.1 Å². The van der Waals surface area contributed by atoms with Gasteiger partial charge in [0.25, 0.3) is 5.91 Å². The molecule has 1 unspecified atom stereocenters. The summed E-state index contributed by atoms with van der Waals surface area (Å²) in [6.07, 6.45) is 19.2. The third-order valence-electron chi connectivity index (χ3n) is 5.37. The summed E-state index contributed by atoms with van der Waals surface area (Å²) in [6.45, 7) is 5.12. The van der Waals surface area contributed by atoms with E-state index in [1.54, 1.807) is 0 Å². The van der Waals surface area contributed by atoms with Crippen molar-refractivity contribution >= 4 is 5.91 Å². The number of carbonyl (C=O) groups excluding carboxylic acids is 1. The molecule has 0 aliphatic rings. The number of carbonyl (C=O) groups is 1. The van der Waals surface area contributed by atoms with Gasteiger partial charge in [-0.2, -0.15) is 0 Å². The van der Waals surface area contributed by atoms with E-state index >= 15 is 0 Å². The molecule has 0 bridgehead atoms. The molecule has 0 heterocycles. The molecule has 1 N–H and O–H groups in total. The minimum absolute atomic E-state index is 0.0200. The summed E-state index contributed by atoms with van der Waals surface area (Å²) < 4.78 is 0.685. The minimum Gasteiger partial charge on any atom is -0.351 e. The van der Waals surface area contributed by atoms with Crippen LogP contribution in [0.15, 0.2) is 0 Å². The number of nitrogens with zero attached hydrogens (tertiary/aromatic N) is 1. The van der Waals surface area contributed by atoms with Gasteiger partial charge in [-0.15, -0.1) is 0 Å². The van der Waals surface area contributed by atoms with E-state index in [2.05, 4.69) is 33.4 Å². The molecule has 0 aromatic rings. The number of unbranched alkanes of at least 4 members (excludes halogenated alkanes) is 13. The fourth-order valence-corrected chi connectivity index (χ4v) is 3.03. The van der Waals surface area contributed by atoms with E-state index in [0.717, 1.165) is 13.0 Å². The molecule has 3 heteroatoms. The first-order chi connectivity index (χ1) is 11.9. The Kier molecular flexibility index (Phi) is 15.3. The normalized spacial score (nSPS) is 13.0. The number of nitrogens with one attached hydrogen (secondary N) is 1. The summed E-state index contributed by atoms with van der Waals surface area (Å²) in [5.41, 5.74) is 0. The van der Waals surface area contributed by atoms with Gasteiger partial charge in [-0.25, -0.2) is 0 Å². The van der Waals surface area contributed by atoms with Crippen LogP contribution in [0.25, 0.3) is 0 Å². The van der Waals surface area contributed by atoms with Gasteiger partial charge in [0, 0.05) is 6.54 Å². The van der Waals surface area contributed by atoms with E-state index < -0.39 is 0 Å². The van der Waals surface area contributed by atoms with Crippen LogP contribution in [0.2, 0.25) is 0 Å². The van der Waals surface area contributed by atoms with E-state index in [-0.39, 0.29) is 11.9 Å². The van der Waals surface area contributed by atoms with Gasteiger partial charge in [0.2, 0.25) is 0 Å². The summed E-state index contributed by atoms with van der Waals surface area (Å²) in [7, 11) is 6.20. The van der Waals surface area contributed by atoms with Gasteiger partial charge in [0.1, 0.15) is 0 Å². The highest BCUT2D eigenvalue weighted by Gasteiger charge is 2.25. The molecule has 1 atom stereocenters. The van der Waals surface area contributed by atoms with Gasteiger partial charge in [-0.3, -0.25) is 4.79 Å². The Morgan fingerprint density at radius 3 is 1.44 bits per heavy atom. The number of hydrogen-bond acceptors (Lipinski definition) is 1. The molecule has 1 amide bonds. The van der Waals surface area contributed by atoms with E-state index in [1.165, 1.54) is 83.5 Å². The predicted octanol–water partition coefficient (Wildman–Crippen LogP) is 5.68. The summed E-state index contributed by atoms with van der Waals surface area (Å²) in [4.78, 5) is 12.0. The number of rotatable bonds is 17. The van der Waals surface area contributed by atoms with Crippen LogP contribution >= 0.6 is 0 Å². The molecule has 0 rings (SSSR count). The molecule has 0 aromatic heterocycles. The third-order valence-corrected chi connectivity index (χ3v) is 5.37. The smallest absolute Gasteiger partial charge is 0.278 e. The second-order valence-corrected chi connectivity index (χ2v) is 8.68. The van der Waals surface area contributed by atoms with Gasteiger partial charge in [-0.1, -0.05) is 90.4 Å². The molecular formula is C22H47N2O+. The van der Waals surface area contributed by atoms with Crippen molar-refractivity contribution in [2.45, 2.75) is 110 Å². The molecule has 0 radical (unpaired) electrons. The van der Waals surface area contributed by atoms with Gasteiger partial charge in [-0.05, 0) is 13.3 Å². The maximum Gasteiger partial charge on any atom is 0.278 e. The number of hydrogen-bond donors (Lipinski definition) is 1. The Morgan fingerprint density at radius 2 is 1.08 bits per heavy atom. The second-order valence-electron chi connectivity index (χ2n) is 8.68. The van der Waals surface area contributed by atoms with Crippen LogP contribution < -0.4 is 5.32 Å². The molecule has 0 fully saturated rings. The summed E-state index contributed by atoms with van der Waals surface area (Å²) in [6, 6.07) is 0.0200. The first-order valence-electron chi connectivity index (χ1n) is 11.0. The average molecular weight is 356 g/mol. The number of amides is 1. The first-order valence-corrected chi connectivity index (χ1v) is 11.0. The second kappa shape index (κ2) is 15.7. The topological polar surface area (TPSA) is 29.1 Å². The lowest BCUT2D eigenvalue weighted by molar-refractivity contribution is -0.884. The molecule has 0 aromatic carbocycles. The van der Waals surface area contributed by atoms with E-state index in [1.807, 2.05) is 6.92 Å². The first kappa shape index (κ1) is 24.4. The molecule has 3 nitrogen and oxygen atoms in total. The lowest BCUT2D eigenvalue weighted by Gasteiger charge is -2.30. The predicted molar refractivity (Wildman–Crippen MR) is 111 cm³/mol. The highest BCUT2D eigenvalue weighted by atomic mass is 16.2. The summed E-state index contributed by atoms with van der Waals surface area (Å²) >= 11 is 0. The highest BCUT2D eigenvalue weighted by molar-refractivity contribution is 5.80. The van der Waals surface area contributed by atoms with Crippen LogP contribution in [-0.4, -0.2) is 44.1 Å². The van der Waals surface area contributed by atoms with Crippen LogP contribution in [0.3, 0.4) is 0 Å². The fraction of sp³-hybridized carbons (Fsp3) is 0.955. The fourth-order valence-electron chi connectivity index (χ4n) is 3.03. The maximum absolute atomic E-state index is 12.0. The lowest BCUT2D eigenvalue weighted by atomic mass is 10.0. The molecular weight excluding hydrogens is 308 g/mol. The molecule has 25 heavy (non-hydrogen) atoms. The van der Waals surface area contributed by atoms with Crippen molar-refractivity contribution in [2.24, 2.45) is 0 Å². The largest absolute Gasteiger partial charge is 0.351 e. The Bertz CT molecular complexity index is 310. The van der Waals surface area contributed by atoms with Gasteiger partial charge < -0.3 is 9.80 Å². The number of quaternary nitrogens is 1. The van der Waals surface area contributed by atoms with Crippen molar-refractivity contribution in [3.8, 4) is 0 Å². The van der Waals surface area contributed by atoms with E-state index in [0.29, 0.717) is 4.48 Å². The van der Waals surface area contributed by atoms with Crippen LogP contribution in [0.1, 0.15) is 104 Å². The average Bonchev–Trinajstić information content (AvgIpc) is 2.56. The summed E-state index contributed by atoms with van der Waals surface area (Å²) in [5.74, 6) is 0.183. The molecule has 0 spiro atoms. The Hall–Kier alpha value is -0.570. The number of likely N-dealkylation sites (N-methyl/N-ethyl adjacent to an activating group) is 1. The Balaban J connectivity index is 3.25. The van der Waals surface area contributed by atoms with Crippen LogP contribution in [0.5, 0.6) is 0 Å². The molecule has 0 saturated carbocycles. The zero-order chi connectivity index (χ0) is 19.0. The SMILES string of the molecule is CCCCCCCCCCCCCCCCNC(=O)C(C)[N+](C)(C)C. The van der Waals surface area contributed by atoms with Crippen molar-refractivity contribution in [2.75, 3.05) is 27.7 Å². The molecule has 150 valence electrons. The van der Waals surface area contributed by atoms with Gasteiger partial charge >= 0.3 is 0 Å². The van der Waals surface area contributed by atoms with Crippen LogP contribution in [0.4, 0.5) is 0 Å². The third kappa shape index (κ3) is 15.4. The van der Waals surface area contributed by atoms with Crippen LogP contribution in [0, 0.1) is 0 Å². The molecule has 0 aliphatic heterocycles.